The minimum absolute atomic E-state index is 0.0352. The van der Waals surface area contributed by atoms with Gasteiger partial charge in [0.1, 0.15) is 19.3 Å². The fraction of sp³-hybridized carbons (Fsp3) is 0.375. The lowest BCUT2D eigenvalue weighted by atomic mass is 10.1. The van der Waals surface area contributed by atoms with Gasteiger partial charge in [0, 0.05) is 31.6 Å². The van der Waals surface area contributed by atoms with Crippen molar-refractivity contribution in [1.82, 2.24) is 4.90 Å². The zero-order chi connectivity index (χ0) is 20.9. The van der Waals surface area contributed by atoms with Gasteiger partial charge in [0.05, 0.1) is 0 Å². The maximum absolute atomic E-state index is 11.9. The monoisotopic (exact) mass is 377 g/mol. The van der Waals surface area contributed by atoms with Crippen LogP contribution in [0, 0.1) is 0 Å². The molecule has 26 heavy (non-hydrogen) atoms. The molecule has 0 radical (unpaired) electrons. The molecule has 1 saturated heterocycles. The van der Waals surface area contributed by atoms with E-state index in [-0.39, 0.29) is 24.6 Å². The van der Waals surface area contributed by atoms with Crippen LogP contribution >= 0.6 is 0 Å². The number of benzene rings is 1. The topological polar surface area (TPSA) is 113 Å². The summed E-state index contributed by atoms with van der Waals surface area (Å²) in [7, 11) is 0. The first-order valence-corrected chi connectivity index (χ1v) is 7.13. The van der Waals surface area contributed by atoms with Gasteiger partial charge in [-0.15, -0.1) is 0 Å². The number of hydrogen-bond donors (Lipinski definition) is 2. The molecular formula is C16H22F3N3O4. The van der Waals surface area contributed by atoms with Crippen molar-refractivity contribution < 1.29 is 32.8 Å². The standard InChI is InChI=1S/C12H15N3O2.C2H3F3.2CH2O/c1-8-6-11(14-17)12(16)15(8)7-9-4-2-3-5-10(9)13;1-2(3,4)5;2*1-2/h2-5,8,17H,6-7,13H2,1H3;1H3;2*1H2/b14-11+;;;. The Balaban J connectivity index is 0. The minimum Gasteiger partial charge on any atom is -0.410 e. The van der Waals surface area contributed by atoms with E-state index >= 15 is 0 Å². The summed E-state index contributed by atoms with van der Waals surface area (Å²) in [6.45, 7) is 6.56. The van der Waals surface area contributed by atoms with Crippen LogP contribution in [-0.2, 0) is 20.9 Å². The molecule has 10 heteroatoms. The van der Waals surface area contributed by atoms with E-state index in [4.69, 9.17) is 20.5 Å². The zero-order valence-electron chi connectivity index (χ0n) is 14.5. The summed E-state index contributed by atoms with van der Waals surface area (Å²) in [6, 6.07) is 7.48. The first-order valence-electron chi connectivity index (χ1n) is 7.13. The first-order chi connectivity index (χ1) is 12.1. The lowest BCUT2D eigenvalue weighted by molar-refractivity contribution is -0.124. The van der Waals surface area contributed by atoms with Gasteiger partial charge in [-0.2, -0.15) is 13.2 Å². The van der Waals surface area contributed by atoms with Crippen molar-refractivity contribution in [2.24, 2.45) is 5.16 Å². The fourth-order valence-electron chi connectivity index (χ4n) is 2.02. The summed E-state index contributed by atoms with van der Waals surface area (Å²) < 4.78 is 31.1. The van der Waals surface area contributed by atoms with E-state index < -0.39 is 6.18 Å². The lowest BCUT2D eigenvalue weighted by Crippen LogP contribution is -2.32. The summed E-state index contributed by atoms with van der Waals surface area (Å²) in [5.41, 5.74) is 7.63. The molecule has 0 aliphatic carbocycles. The van der Waals surface area contributed by atoms with Gasteiger partial charge in [0.25, 0.3) is 5.91 Å². The van der Waals surface area contributed by atoms with Gasteiger partial charge in [-0.05, 0) is 18.6 Å². The number of para-hydroxylation sites is 1. The van der Waals surface area contributed by atoms with Crippen molar-refractivity contribution >= 4 is 30.9 Å². The molecule has 146 valence electrons. The van der Waals surface area contributed by atoms with Gasteiger partial charge in [0.2, 0.25) is 0 Å². The van der Waals surface area contributed by atoms with Crippen molar-refractivity contribution in [3.8, 4) is 0 Å². The molecule has 1 aliphatic heterocycles. The zero-order valence-corrected chi connectivity index (χ0v) is 14.5. The van der Waals surface area contributed by atoms with E-state index in [1.54, 1.807) is 4.90 Å². The van der Waals surface area contributed by atoms with Crippen LogP contribution < -0.4 is 5.73 Å². The van der Waals surface area contributed by atoms with Gasteiger partial charge in [0.15, 0.2) is 0 Å². The lowest BCUT2D eigenvalue weighted by Gasteiger charge is -2.21. The van der Waals surface area contributed by atoms with Crippen LogP contribution in [-0.4, -0.2) is 47.5 Å². The number of likely N-dealkylation sites (tertiary alicyclic amines) is 1. The van der Waals surface area contributed by atoms with Gasteiger partial charge in [-0.3, -0.25) is 4.79 Å². The number of carbonyl (C=O) groups is 3. The van der Waals surface area contributed by atoms with E-state index in [1.807, 2.05) is 44.8 Å². The Labute approximate surface area is 149 Å². The molecule has 1 amide bonds. The Bertz CT molecular complexity index is 586. The van der Waals surface area contributed by atoms with Crippen LogP contribution in [0.2, 0.25) is 0 Å². The van der Waals surface area contributed by atoms with E-state index in [9.17, 15) is 18.0 Å². The summed E-state index contributed by atoms with van der Waals surface area (Å²) in [5.74, 6) is -0.219. The molecule has 1 fully saturated rings. The molecular weight excluding hydrogens is 355 g/mol. The van der Waals surface area contributed by atoms with Gasteiger partial charge < -0.3 is 25.4 Å². The third kappa shape index (κ3) is 9.40. The Morgan fingerprint density at radius 2 is 1.73 bits per heavy atom. The smallest absolute Gasteiger partial charge is 0.386 e. The predicted octanol–water partition coefficient (Wildman–Crippen LogP) is 2.42. The SMILES string of the molecule is C=O.C=O.CC(F)(F)F.CC1C/C(=N\O)C(=O)N1Cc1ccccc1N. The Hall–Kier alpha value is -2.91. The summed E-state index contributed by atoms with van der Waals surface area (Å²) in [5, 5.41) is 11.7. The number of hydrogen-bond acceptors (Lipinski definition) is 6. The van der Waals surface area contributed by atoms with E-state index in [0.717, 1.165) is 5.56 Å². The molecule has 3 N–H and O–H groups in total. The second-order valence-corrected chi connectivity index (χ2v) is 5.01. The molecule has 1 heterocycles. The number of nitrogen functional groups attached to an aromatic ring is 1. The maximum Gasteiger partial charge on any atom is 0.386 e. The predicted molar refractivity (Wildman–Crippen MR) is 90.7 cm³/mol. The van der Waals surface area contributed by atoms with Crippen LogP contribution in [0.15, 0.2) is 29.4 Å². The second kappa shape index (κ2) is 12.5. The molecule has 1 unspecified atom stereocenters. The molecule has 1 aromatic rings. The second-order valence-electron chi connectivity index (χ2n) is 5.01. The minimum atomic E-state index is -4.00. The number of carbonyl (C=O) groups excluding carboxylic acids is 3. The number of nitrogens with two attached hydrogens (primary N) is 1. The molecule has 2 rings (SSSR count). The number of rotatable bonds is 2. The number of oxime groups is 1. The van der Waals surface area contributed by atoms with Gasteiger partial charge in [-0.1, -0.05) is 23.4 Å². The van der Waals surface area contributed by atoms with Crippen LogP contribution in [0.1, 0.15) is 25.8 Å². The summed E-state index contributed by atoms with van der Waals surface area (Å²) >= 11 is 0. The number of anilines is 1. The molecule has 0 aromatic heterocycles. The van der Waals surface area contributed by atoms with Gasteiger partial charge in [-0.25, -0.2) is 0 Å². The first kappa shape index (κ1) is 25.3. The maximum atomic E-state index is 11.9. The fourth-order valence-corrected chi connectivity index (χ4v) is 2.02. The molecule has 0 saturated carbocycles. The van der Waals surface area contributed by atoms with Crippen molar-refractivity contribution in [3.63, 3.8) is 0 Å². The molecule has 0 bridgehead atoms. The largest absolute Gasteiger partial charge is 0.410 e. The molecule has 7 nitrogen and oxygen atoms in total. The summed E-state index contributed by atoms with van der Waals surface area (Å²) in [4.78, 5) is 29.5. The Morgan fingerprint density at radius 3 is 2.12 bits per heavy atom. The highest BCUT2D eigenvalue weighted by atomic mass is 19.4. The van der Waals surface area contributed by atoms with Crippen molar-refractivity contribution in [2.75, 3.05) is 5.73 Å². The van der Waals surface area contributed by atoms with Crippen LogP contribution in [0.25, 0.3) is 0 Å². The van der Waals surface area contributed by atoms with Crippen LogP contribution in [0.3, 0.4) is 0 Å². The molecule has 1 aliphatic rings. The van der Waals surface area contributed by atoms with E-state index in [0.29, 0.717) is 18.7 Å². The highest BCUT2D eigenvalue weighted by molar-refractivity contribution is 6.40. The quantitative estimate of drug-likeness (QED) is 0.467. The normalized spacial score (nSPS) is 17.3. The highest BCUT2D eigenvalue weighted by Crippen LogP contribution is 2.22. The van der Waals surface area contributed by atoms with E-state index in [1.165, 1.54) is 0 Å². The average molecular weight is 377 g/mol. The number of alkyl halides is 3. The third-order valence-corrected chi connectivity index (χ3v) is 3.05. The Morgan fingerprint density at radius 1 is 1.27 bits per heavy atom. The molecule has 1 atom stereocenters. The number of amides is 1. The number of halogens is 3. The van der Waals surface area contributed by atoms with E-state index in [2.05, 4.69) is 5.16 Å². The third-order valence-electron chi connectivity index (χ3n) is 3.05. The molecule has 0 spiro atoms. The Kier molecular flexibility index (Phi) is 12.1. The van der Waals surface area contributed by atoms with Crippen molar-refractivity contribution in [1.29, 1.82) is 0 Å². The van der Waals surface area contributed by atoms with Crippen molar-refractivity contribution in [3.05, 3.63) is 29.8 Å². The number of nitrogens with zero attached hydrogens (tertiary/aromatic N) is 2. The van der Waals surface area contributed by atoms with Crippen LogP contribution in [0.5, 0.6) is 0 Å². The van der Waals surface area contributed by atoms with Crippen molar-refractivity contribution in [2.45, 2.75) is 39.0 Å². The van der Waals surface area contributed by atoms with Crippen LogP contribution in [0.4, 0.5) is 18.9 Å². The summed E-state index contributed by atoms with van der Waals surface area (Å²) in [6.07, 6.45) is -3.53. The highest BCUT2D eigenvalue weighted by Gasteiger charge is 2.34. The van der Waals surface area contributed by atoms with Gasteiger partial charge >= 0.3 is 6.18 Å². The molecule has 1 aromatic carbocycles. The average Bonchev–Trinajstić information content (AvgIpc) is 2.86.